The van der Waals surface area contributed by atoms with E-state index in [0.29, 0.717) is 23.7 Å². The number of carbonyl (C=O) groups excluding carboxylic acids is 1. The molecule has 1 aliphatic rings. The van der Waals surface area contributed by atoms with E-state index in [0.717, 1.165) is 5.56 Å². The van der Waals surface area contributed by atoms with Crippen molar-refractivity contribution in [2.45, 2.75) is 26.5 Å². The number of amides is 1. The molecule has 2 aromatic carbocycles. The molecule has 23 heavy (non-hydrogen) atoms. The molecule has 1 atom stereocenters. The summed E-state index contributed by atoms with van der Waals surface area (Å²) in [5.74, 6) is 0.276. The quantitative estimate of drug-likeness (QED) is 0.884. The Kier molecular flexibility index (Phi) is 3.94. The van der Waals surface area contributed by atoms with Gasteiger partial charge in [-0.3, -0.25) is 4.79 Å². The second-order valence-electron chi connectivity index (χ2n) is 6.06. The Labute approximate surface area is 134 Å². The number of benzene rings is 2. The van der Waals surface area contributed by atoms with Gasteiger partial charge in [-0.2, -0.15) is 0 Å². The molecule has 0 saturated carbocycles. The first-order valence-corrected chi connectivity index (χ1v) is 7.57. The summed E-state index contributed by atoms with van der Waals surface area (Å²) in [5, 5.41) is 0. The minimum atomic E-state index is -0.536. The van der Waals surface area contributed by atoms with Gasteiger partial charge in [0.15, 0.2) is 6.10 Å². The van der Waals surface area contributed by atoms with Crippen LogP contribution in [0.3, 0.4) is 0 Å². The number of anilines is 2. The normalized spacial score (nSPS) is 17.1. The maximum atomic E-state index is 13.1. The first-order chi connectivity index (χ1) is 11.0. The van der Waals surface area contributed by atoms with Crippen LogP contribution < -0.4 is 15.4 Å². The number of halogens is 1. The molecule has 0 bridgehead atoms. The van der Waals surface area contributed by atoms with Crippen LogP contribution in [0.4, 0.5) is 15.8 Å². The van der Waals surface area contributed by atoms with Gasteiger partial charge >= 0.3 is 0 Å². The molecule has 1 heterocycles. The van der Waals surface area contributed by atoms with Crippen LogP contribution in [0.1, 0.15) is 19.4 Å². The highest BCUT2D eigenvalue weighted by Gasteiger charge is 2.36. The molecule has 2 N–H and O–H groups in total. The van der Waals surface area contributed by atoms with E-state index in [1.54, 1.807) is 35.2 Å². The molecule has 5 heteroatoms. The number of ether oxygens (including phenoxy) is 1. The molecule has 0 aliphatic carbocycles. The van der Waals surface area contributed by atoms with E-state index in [-0.39, 0.29) is 17.6 Å². The van der Waals surface area contributed by atoms with Crippen LogP contribution in [0.2, 0.25) is 0 Å². The van der Waals surface area contributed by atoms with Crippen LogP contribution >= 0.6 is 0 Å². The fourth-order valence-electron chi connectivity index (χ4n) is 2.66. The van der Waals surface area contributed by atoms with Gasteiger partial charge in [-0.1, -0.05) is 26.0 Å². The summed E-state index contributed by atoms with van der Waals surface area (Å²) >= 11 is 0. The lowest BCUT2D eigenvalue weighted by molar-refractivity contribution is -0.128. The number of fused-ring (bicyclic) bond motifs is 1. The molecule has 0 radical (unpaired) electrons. The largest absolute Gasteiger partial charge is 0.478 e. The van der Waals surface area contributed by atoms with Crippen LogP contribution in [0.15, 0.2) is 42.5 Å². The van der Waals surface area contributed by atoms with Gasteiger partial charge < -0.3 is 15.4 Å². The molecule has 4 nitrogen and oxygen atoms in total. The van der Waals surface area contributed by atoms with Crippen LogP contribution in [-0.2, 0) is 11.3 Å². The monoisotopic (exact) mass is 314 g/mol. The van der Waals surface area contributed by atoms with E-state index >= 15 is 0 Å². The predicted molar refractivity (Wildman–Crippen MR) is 87.7 cm³/mol. The summed E-state index contributed by atoms with van der Waals surface area (Å²) in [6.45, 7) is 4.24. The standard InChI is InChI=1S/C18H19FN2O2/c1-11(2)17-18(22)21(10-12-3-5-13(19)6-4-12)15-9-14(20)7-8-16(15)23-17/h3-9,11,17H,10,20H2,1-2H3/t17-/m1/s1. The molecule has 120 valence electrons. The Balaban J connectivity index is 2.00. The molecule has 0 unspecified atom stereocenters. The third kappa shape index (κ3) is 2.99. The fourth-order valence-corrected chi connectivity index (χ4v) is 2.66. The summed E-state index contributed by atoms with van der Waals surface area (Å²) in [6.07, 6.45) is -0.536. The average molecular weight is 314 g/mol. The van der Waals surface area contributed by atoms with Gasteiger partial charge in [-0.15, -0.1) is 0 Å². The van der Waals surface area contributed by atoms with Crippen molar-refractivity contribution in [3.63, 3.8) is 0 Å². The molecule has 3 rings (SSSR count). The van der Waals surface area contributed by atoms with E-state index in [9.17, 15) is 9.18 Å². The zero-order chi connectivity index (χ0) is 16.6. The number of nitrogens with zero attached hydrogens (tertiary/aromatic N) is 1. The van der Waals surface area contributed by atoms with Crippen molar-refractivity contribution in [3.05, 3.63) is 53.8 Å². The average Bonchev–Trinajstić information content (AvgIpc) is 2.51. The van der Waals surface area contributed by atoms with Crippen LogP contribution in [-0.4, -0.2) is 12.0 Å². The van der Waals surface area contributed by atoms with Crippen LogP contribution in [0.5, 0.6) is 5.75 Å². The highest BCUT2D eigenvalue weighted by atomic mass is 19.1. The van der Waals surface area contributed by atoms with Crippen molar-refractivity contribution >= 4 is 17.3 Å². The molecule has 1 aliphatic heterocycles. The Bertz CT molecular complexity index is 728. The number of rotatable bonds is 3. The van der Waals surface area contributed by atoms with Crippen molar-refractivity contribution in [2.24, 2.45) is 5.92 Å². The minimum absolute atomic E-state index is 0.0453. The zero-order valence-corrected chi connectivity index (χ0v) is 13.1. The van der Waals surface area contributed by atoms with E-state index < -0.39 is 6.10 Å². The third-order valence-corrected chi connectivity index (χ3v) is 3.90. The Morgan fingerprint density at radius 3 is 2.57 bits per heavy atom. The number of hydrogen-bond acceptors (Lipinski definition) is 3. The highest BCUT2D eigenvalue weighted by Crippen LogP contribution is 2.38. The lowest BCUT2D eigenvalue weighted by Crippen LogP contribution is -2.48. The smallest absolute Gasteiger partial charge is 0.268 e. The third-order valence-electron chi connectivity index (χ3n) is 3.90. The summed E-state index contributed by atoms with van der Waals surface area (Å²) in [6, 6.07) is 11.4. The second-order valence-corrected chi connectivity index (χ2v) is 6.06. The van der Waals surface area contributed by atoms with E-state index in [1.165, 1.54) is 12.1 Å². The van der Waals surface area contributed by atoms with Crippen LogP contribution in [0, 0.1) is 11.7 Å². The first kappa shape index (κ1) is 15.3. The van der Waals surface area contributed by atoms with Crippen molar-refractivity contribution in [1.82, 2.24) is 0 Å². The van der Waals surface area contributed by atoms with Crippen molar-refractivity contribution in [1.29, 1.82) is 0 Å². The maximum Gasteiger partial charge on any atom is 0.268 e. The topological polar surface area (TPSA) is 55.6 Å². The molecule has 0 aromatic heterocycles. The molecule has 1 amide bonds. The first-order valence-electron chi connectivity index (χ1n) is 7.57. The van der Waals surface area contributed by atoms with Gasteiger partial charge in [0.1, 0.15) is 11.6 Å². The van der Waals surface area contributed by atoms with Gasteiger partial charge in [0, 0.05) is 5.69 Å². The number of hydrogen-bond donors (Lipinski definition) is 1. The highest BCUT2D eigenvalue weighted by molar-refractivity contribution is 6.00. The summed E-state index contributed by atoms with van der Waals surface area (Å²) in [7, 11) is 0. The number of carbonyl (C=O) groups is 1. The van der Waals surface area contributed by atoms with Gasteiger partial charge in [0.05, 0.1) is 12.2 Å². The summed E-state index contributed by atoms with van der Waals surface area (Å²) in [5.41, 5.74) is 7.91. The molecule has 0 saturated heterocycles. The molecular weight excluding hydrogens is 295 g/mol. The van der Waals surface area contributed by atoms with Gasteiger partial charge in [-0.05, 0) is 41.8 Å². The SMILES string of the molecule is CC(C)[C@H]1Oc2ccc(N)cc2N(Cc2ccc(F)cc2)C1=O. The Hall–Kier alpha value is -2.56. The maximum absolute atomic E-state index is 13.1. The molecule has 0 spiro atoms. The van der Waals surface area contributed by atoms with E-state index in [2.05, 4.69) is 0 Å². The van der Waals surface area contributed by atoms with Gasteiger partial charge in [0.2, 0.25) is 0 Å². The van der Waals surface area contributed by atoms with Crippen LogP contribution in [0.25, 0.3) is 0 Å². The van der Waals surface area contributed by atoms with Gasteiger partial charge in [-0.25, -0.2) is 4.39 Å². The lowest BCUT2D eigenvalue weighted by atomic mass is 10.0. The van der Waals surface area contributed by atoms with Crippen molar-refractivity contribution < 1.29 is 13.9 Å². The predicted octanol–water partition coefficient (Wildman–Crippen LogP) is 3.36. The number of nitrogen functional groups attached to an aromatic ring is 1. The van der Waals surface area contributed by atoms with E-state index in [1.807, 2.05) is 13.8 Å². The molecule has 2 aromatic rings. The summed E-state index contributed by atoms with van der Waals surface area (Å²) in [4.78, 5) is 14.5. The molecule has 0 fully saturated rings. The van der Waals surface area contributed by atoms with E-state index in [4.69, 9.17) is 10.5 Å². The lowest BCUT2D eigenvalue weighted by Gasteiger charge is -2.36. The minimum Gasteiger partial charge on any atom is -0.478 e. The number of nitrogens with two attached hydrogens (primary N) is 1. The summed E-state index contributed by atoms with van der Waals surface area (Å²) < 4.78 is 18.9. The van der Waals surface area contributed by atoms with Gasteiger partial charge in [0.25, 0.3) is 5.91 Å². The van der Waals surface area contributed by atoms with Crippen molar-refractivity contribution in [2.75, 3.05) is 10.6 Å². The Morgan fingerprint density at radius 2 is 1.91 bits per heavy atom. The van der Waals surface area contributed by atoms with Crippen molar-refractivity contribution in [3.8, 4) is 5.75 Å². The second kappa shape index (κ2) is 5.91. The Morgan fingerprint density at radius 1 is 1.22 bits per heavy atom. The molecular formula is C18H19FN2O2. The zero-order valence-electron chi connectivity index (χ0n) is 13.1. The fraction of sp³-hybridized carbons (Fsp3) is 0.278.